The Bertz CT molecular complexity index is 941. The van der Waals surface area contributed by atoms with Crippen molar-refractivity contribution in [3.8, 4) is 5.88 Å². The Hall–Kier alpha value is -2.89. The molecule has 2 unspecified atom stereocenters. The average Bonchev–Trinajstić information content (AvgIpc) is 3.26. The van der Waals surface area contributed by atoms with Gasteiger partial charge >= 0.3 is 0 Å². The molecule has 158 valence electrons. The number of ether oxygens (including phenoxy) is 1. The first-order valence-electron chi connectivity index (χ1n) is 10.8. The van der Waals surface area contributed by atoms with E-state index in [-0.39, 0.29) is 18.1 Å². The Kier molecular flexibility index (Phi) is 6.02. The van der Waals surface area contributed by atoms with Crippen LogP contribution in [0.5, 0.6) is 5.88 Å². The molecule has 2 aromatic heterocycles. The summed E-state index contributed by atoms with van der Waals surface area (Å²) in [5.74, 6) is 0.783. The third kappa shape index (κ3) is 4.04. The molecule has 1 N–H and O–H groups in total. The minimum absolute atomic E-state index is 0.0521. The first-order valence-corrected chi connectivity index (χ1v) is 10.8. The maximum absolute atomic E-state index is 13.5. The maximum Gasteiger partial charge on any atom is 0.250 e. The van der Waals surface area contributed by atoms with Crippen LogP contribution in [0.25, 0.3) is 5.57 Å². The fraction of sp³-hybridized carbons (Fsp3) is 0.458. The number of aromatic nitrogens is 2. The minimum atomic E-state index is -0.0521. The number of allylic oxidation sites excluding steroid dienone is 1. The summed E-state index contributed by atoms with van der Waals surface area (Å²) in [6.45, 7) is 4.73. The summed E-state index contributed by atoms with van der Waals surface area (Å²) in [5.41, 5.74) is 4.96. The second kappa shape index (κ2) is 8.86. The Morgan fingerprint density at radius 3 is 2.80 bits per heavy atom. The van der Waals surface area contributed by atoms with E-state index < -0.39 is 0 Å². The number of rotatable bonds is 5. The first kappa shape index (κ1) is 20.4. The molecule has 1 amide bonds. The van der Waals surface area contributed by atoms with Crippen molar-refractivity contribution >= 4 is 17.2 Å². The van der Waals surface area contributed by atoms with Gasteiger partial charge in [-0.3, -0.25) is 9.78 Å². The van der Waals surface area contributed by atoms with Crippen molar-refractivity contribution in [3.63, 3.8) is 0 Å². The van der Waals surface area contributed by atoms with Crippen molar-refractivity contribution in [1.82, 2.24) is 14.9 Å². The van der Waals surface area contributed by atoms with Crippen molar-refractivity contribution in [2.75, 3.05) is 18.9 Å². The molecular formula is C24H30N4O2. The van der Waals surface area contributed by atoms with Gasteiger partial charge in [0, 0.05) is 42.3 Å². The molecule has 1 aliphatic heterocycles. The van der Waals surface area contributed by atoms with Crippen LogP contribution in [0.3, 0.4) is 0 Å². The molecular weight excluding hydrogens is 376 g/mol. The second-order valence-corrected chi connectivity index (χ2v) is 8.19. The normalized spacial score (nSPS) is 21.6. The predicted octanol–water partition coefficient (Wildman–Crippen LogP) is 4.22. The van der Waals surface area contributed by atoms with E-state index in [0.29, 0.717) is 12.4 Å². The summed E-state index contributed by atoms with van der Waals surface area (Å²) in [7, 11) is 1.89. The van der Waals surface area contributed by atoms with Crippen LogP contribution in [0.1, 0.15) is 50.3 Å². The van der Waals surface area contributed by atoms with Gasteiger partial charge in [0.05, 0.1) is 12.2 Å². The number of likely N-dealkylation sites (tertiary alicyclic amines) is 1. The Morgan fingerprint density at radius 2 is 2.03 bits per heavy atom. The highest BCUT2D eigenvalue weighted by atomic mass is 16.5. The third-order valence-corrected chi connectivity index (χ3v) is 6.26. The van der Waals surface area contributed by atoms with Crippen LogP contribution >= 0.6 is 0 Å². The van der Waals surface area contributed by atoms with Gasteiger partial charge < -0.3 is 15.0 Å². The van der Waals surface area contributed by atoms with E-state index in [1.54, 1.807) is 12.4 Å². The molecule has 1 aliphatic carbocycles. The first-order chi connectivity index (χ1) is 14.6. The monoisotopic (exact) mass is 406 g/mol. The molecule has 2 aliphatic rings. The SMILES string of the molecule is CNc1ccnc(OC2CCC(C)N(C(=O)C3=C(c4ccccn4)CCC3)C2)c1C. The third-order valence-electron chi connectivity index (χ3n) is 6.26. The van der Waals surface area contributed by atoms with Crippen LogP contribution in [-0.2, 0) is 4.79 Å². The second-order valence-electron chi connectivity index (χ2n) is 8.19. The summed E-state index contributed by atoms with van der Waals surface area (Å²) in [6.07, 6.45) is 8.09. The van der Waals surface area contributed by atoms with Gasteiger partial charge in [-0.25, -0.2) is 4.98 Å². The van der Waals surface area contributed by atoms with Crippen molar-refractivity contribution < 1.29 is 9.53 Å². The van der Waals surface area contributed by atoms with Crippen molar-refractivity contribution in [3.05, 3.63) is 53.5 Å². The number of carbonyl (C=O) groups excluding carboxylic acids is 1. The van der Waals surface area contributed by atoms with E-state index in [0.717, 1.165) is 60.2 Å². The Morgan fingerprint density at radius 1 is 1.17 bits per heavy atom. The van der Waals surface area contributed by atoms with Gasteiger partial charge in [-0.05, 0) is 69.7 Å². The van der Waals surface area contributed by atoms with Crippen LogP contribution in [-0.4, -0.2) is 46.5 Å². The molecule has 6 heteroatoms. The summed E-state index contributed by atoms with van der Waals surface area (Å²) < 4.78 is 6.26. The highest BCUT2D eigenvalue weighted by Crippen LogP contribution is 2.35. The van der Waals surface area contributed by atoms with Gasteiger partial charge in [-0.15, -0.1) is 0 Å². The van der Waals surface area contributed by atoms with Crippen LogP contribution < -0.4 is 10.1 Å². The number of carbonyl (C=O) groups is 1. The van der Waals surface area contributed by atoms with E-state index in [4.69, 9.17) is 4.74 Å². The molecule has 2 aromatic rings. The van der Waals surface area contributed by atoms with Gasteiger partial charge in [-0.1, -0.05) is 6.07 Å². The van der Waals surface area contributed by atoms with Crippen molar-refractivity contribution in [2.24, 2.45) is 0 Å². The number of amides is 1. The molecule has 30 heavy (non-hydrogen) atoms. The van der Waals surface area contributed by atoms with Crippen LogP contribution in [0.4, 0.5) is 5.69 Å². The summed E-state index contributed by atoms with van der Waals surface area (Å²) in [5, 5.41) is 3.17. The van der Waals surface area contributed by atoms with E-state index in [9.17, 15) is 4.79 Å². The van der Waals surface area contributed by atoms with E-state index in [1.165, 1.54) is 0 Å². The van der Waals surface area contributed by atoms with E-state index in [1.807, 2.05) is 43.1 Å². The highest BCUT2D eigenvalue weighted by molar-refractivity contribution is 6.02. The smallest absolute Gasteiger partial charge is 0.250 e. The predicted molar refractivity (Wildman–Crippen MR) is 118 cm³/mol. The maximum atomic E-state index is 13.5. The Balaban J connectivity index is 1.53. The average molecular weight is 407 g/mol. The quantitative estimate of drug-likeness (QED) is 0.805. The zero-order chi connectivity index (χ0) is 21.1. The molecule has 4 rings (SSSR count). The molecule has 0 spiro atoms. The molecule has 1 saturated heterocycles. The molecule has 0 radical (unpaired) electrons. The van der Waals surface area contributed by atoms with Gasteiger partial charge in [0.25, 0.3) is 0 Å². The standard InChI is InChI=1S/C24H30N4O2/c1-16-10-11-18(30-23-17(2)21(25-3)12-14-27-23)15-28(16)24(29)20-8-6-7-19(20)22-9-4-5-13-26-22/h4-5,9,12-14,16,18H,6-8,10-11,15H2,1-3H3,(H,25,27). The van der Waals surface area contributed by atoms with Crippen molar-refractivity contribution in [2.45, 2.75) is 58.1 Å². The zero-order valence-electron chi connectivity index (χ0n) is 18.0. The van der Waals surface area contributed by atoms with Gasteiger partial charge in [0.15, 0.2) is 0 Å². The van der Waals surface area contributed by atoms with Gasteiger partial charge in [0.2, 0.25) is 11.8 Å². The van der Waals surface area contributed by atoms with Gasteiger partial charge in [-0.2, -0.15) is 0 Å². The van der Waals surface area contributed by atoms with Crippen LogP contribution in [0, 0.1) is 6.92 Å². The number of nitrogens with one attached hydrogen (secondary N) is 1. The summed E-state index contributed by atoms with van der Waals surface area (Å²) in [6, 6.07) is 8.04. The largest absolute Gasteiger partial charge is 0.472 e. The molecule has 1 fully saturated rings. The molecule has 2 atom stereocenters. The molecule has 3 heterocycles. The van der Waals surface area contributed by atoms with Crippen LogP contribution in [0.2, 0.25) is 0 Å². The number of piperidine rings is 1. The molecule has 0 bridgehead atoms. The summed E-state index contributed by atoms with van der Waals surface area (Å²) in [4.78, 5) is 24.4. The summed E-state index contributed by atoms with van der Waals surface area (Å²) >= 11 is 0. The van der Waals surface area contributed by atoms with Crippen LogP contribution in [0.15, 0.2) is 42.2 Å². The lowest BCUT2D eigenvalue weighted by molar-refractivity contribution is -0.132. The number of anilines is 1. The van der Waals surface area contributed by atoms with Gasteiger partial charge in [0.1, 0.15) is 6.10 Å². The van der Waals surface area contributed by atoms with E-state index in [2.05, 4.69) is 22.2 Å². The molecule has 0 saturated carbocycles. The number of pyridine rings is 2. The minimum Gasteiger partial charge on any atom is -0.472 e. The van der Waals surface area contributed by atoms with E-state index >= 15 is 0 Å². The number of hydrogen-bond acceptors (Lipinski definition) is 5. The fourth-order valence-electron chi connectivity index (χ4n) is 4.49. The fourth-order valence-corrected chi connectivity index (χ4v) is 4.49. The lowest BCUT2D eigenvalue weighted by atomic mass is 9.98. The highest BCUT2D eigenvalue weighted by Gasteiger charge is 2.34. The lowest BCUT2D eigenvalue weighted by Gasteiger charge is -2.38. The topological polar surface area (TPSA) is 67.4 Å². The number of nitrogens with zero attached hydrogens (tertiary/aromatic N) is 3. The Labute approximate surface area is 178 Å². The molecule has 0 aromatic carbocycles. The molecule has 6 nitrogen and oxygen atoms in total. The zero-order valence-corrected chi connectivity index (χ0v) is 18.0. The van der Waals surface area contributed by atoms with Crippen molar-refractivity contribution in [1.29, 1.82) is 0 Å². The number of hydrogen-bond donors (Lipinski definition) is 1. The lowest BCUT2D eigenvalue weighted by Crippen LogP contribution is -2.49.